The van der Waals surface area contributed by atoms with E-state index >= 15 is 0 Å². The van der Waals surface area contributed by atoms with Crippen LogP contribution in [0.5, 0.6) is 0 Å². The average molecular weight is 422 g/mol. The third-order valence-electron chi connectivity index (χ3n) is 4.47. The van der Waals surface area contributed by atoms with Crippen molar-refractivity contribution in [1.29, 1.82) is 0 Å². The van der Waals surface area contributed by atoms with Crippen molar-refractivity contribution in [2.75, 3.05) is 36.0 Å². The van der Waals surface area contributed by atoms with Crippen LogP contribution in [0.15, 0.2) is 40.6 Å². The molecule has 27 heavy (non-hydrogen) atoms. The Morgan fingerprint density at radius 2 is 1.70 bits per heavy atom. The van der Waals surface area contributed by atoms with Crippen molar-refractivity contribution in [3.63, 3.8) is 0 Å². The molecule has 4 rings (SSSR count). The largest absolute Gasteiger partial charge is 0.365 e. The molecule has 1 saturated heterocycles. The van der Waals surface area contributed by atoms with Crippen LogP contribution in [0.3, 0.4) is 0 Å². The number of aromatic nitrogens is 3. The zero-order chi connectivity index (χ0) is 19.0. The fourth-order valence-electron chi connectivity index (χ4n) is 3.04. The number of rotatable bonds is 3. The quantitative estimate of drug-likeness (QED) is 0.645. The molecular formula is C18H17Cl2N5OS. The first-order valence-electron chi connectivity index (χ1n) is 8.49. The second kappa shape index (κ2) is 7.50. The number of hydrogen-bond acceptors (Lipinski definition) is 6. The van der Waals surface area contributed by atoms with Crippen LogP contribution in [0.2, 0.25) is 10.0 Å². The molecule has 0 aliphatic carbocycles. The van der Waals surface area contributed by atoms with E-state index in [9.17, 15) is 4.79 Å². The molecule has 1 aromatic carbocycles. The van der Waals surface area contributed by atoms with E-state index in [1.807, 2.05) is 6.92 Å². The monoisotopic (exact) mass is 421 g/mol. The van der Waals surface area contributed by atoms with Crippen LogP contribution < -0.4 is 15.4 Å². The van der Waals surface area contributed by atoms with Gasteiger partial charge in [-0.15, -0.1) is 11.3 Å². The molecule has 0 saturated carbocycles. The van der Waals surface area contributed by atoms with E-state index in [2.05, 4.69) is 25.3 Å². The van der Waals surface area contributed by atoms with E-state index in [4.69, 9.17) is 23.2 Å². The Labute approximate surface area is 170 Å². The molecule has 1 aliphatic heterocycles. The van der Waals surface area contributed by atoms with Gasteiger partial charge in [0.25, 0.3) is 5.56 Å². The van der Waals surface area contributed by atoms with Gasteiger partial charge in [0, 0.05) is 36.6 Å². The normalized spacial score (nSPS) is 14.6. The van der Waals surface area contributed by atoms with E-state index in [1.54, 1.807) is 41.8 Å². The summed E-state index contributed by atoms with van der Waals surface area (Å²) < 4.78 is 1.29. The Morgan fingerprint density at radius 1 is 1.04 bits per heavy atom. The fraction of sp³-hybridized carbons (Fsp3) is 0.278. The summed E-state index contributed by atoms with van der Waals surface area (Å²) >= 11 is 14.0. The Bertz CT molecular complexity index is 1010. The topological polar surface area (TPSA) is 54.3 Å². The van der Waals surface area contributed by atoms with Gasteiger partial charge in [-0.3, -0.25) is 4.79 Å². The maximum Gasteiger partial charge on any atom is 0.292 e. The minimum absolute atomic E-state index is 0.179. The second-order valence-electron chi connectivity index (χ2n) is 6.28. The smallest absolute Gasteiger partial charge is 0.292 e. The predicted molar refractivity (Wildman–Crippen MR) is 111 cm³/mol. The summed E-state index contributed by atoms with van der Waals surface area (Å²) in [5.41, 5.74) is 1.99. The van der Waals surface area contributed by atoms with Gasteiger partial charge in [-0.05, 0) is 31.2 Å². The molecule has 0 spiro atoms. The first-order valence-corrected chi connectivity index (χ1v) is 10.1. The number of nitrogens with zero attached hydrogens (tertiary/aromatic N) is 5. The Hall–Kier alpha value is -2.09. The molecule has 0 N–H and O–H groups in total. The molecule has 0 unspecified atom stereocenters. The maximum absolute atomic E-state index is 12.7. The van der Waals surface area contributed by atoms with Gasteiger partial charge in [-0.25, -0.2) is 4.98 Å². The molecule has 3 heterocycles. The highest BCUT2D eigenvalue weighted by Crippen LogP contribution is 2.26. The molecule has 140 valence electrons. The molecule has 0 radical (unpaired) electrons. The first-order chi connectivity index (χ1) is 13.0. The highest BCUT2D eigenvalue weighted by atomic mass is 35.5. The molecule has 0 bridgehead atoms. The van der Waals surface area contributed by atoms with E-state index in [1.165, 1.54) is 4.68 Å². The summed E-state index contributed by atoms with van der Waals surface area (Å²) in [6.07, 6.45) is 1.65. The van der Waals surface area contributed by atoms with E-state index in [0.717, 1.165) is 37.0 Å². The Balaban J connectivity index is 1.54. The minimum atomic E-state index is -0.338. The van der Waals surface area contributed by atoms with E-state index < -0.39 is 0 Å². The van der Waals surface area contributed by atoms with Crippen molar-refractivity contribution in [2.24, 2.45) is 0 Å². The summed E-state index contributed by atoms with van der Waals surface area (Å²) in [7, 11) is 0. The van der Waals surface area contributed by atoms with Gasteiger partial charge in [0.05, 0.1) is 23.3 Å². The van der Waals surface area contributed by atoms with E-state index in [-0.39, 0.29) is 10.6 Å². The summed E-state index contributed by atoms with van der Waals surface area (Å²) in [5, 5.41) is 8.18. The number of anilines is 2. The van der Waals surface area contributed by atoms with Crippen LogP contribution in [-0.4, -0.2) is 40.9 Å². The Morgan fingerprint density at radius 3 is 2.33 bits per heavy atom. The molecule has 0 atom stereocenters. The van der Waals surface area contributed by atoms with Crippen molar-refractivity contribution < 1.29 is 0 Å². The van der Waals surface area contributed by atoms with Crippen LogP contribution in [0.4, 0.5) is 10.8 Å². The molecular weight excluding hydrogens is 405 g/mol. The van der Waals surface area contributed by atoms with Crippen molar-refractivity contribution in [2.45, 2.75) is 6.92 Å². The number of benzene rings is 1. The van der Waals surface area contributed by atoms with Crippen molar-refractivity contribution >= 4 is 45.4 Å². The highest BCUT2D eigenvalue weighted by Gasteiger charge is 2.23. The molecule has 1 fully saturated rings. The number of aryl methyl sites for hydroxylation is 1. The highest BCUT2D eigenvalue weighted by molar-refractivity contribution is 7.13. The zero-order valence-corrected chi connectivity index (χ0v) is 16.9. The second-order valence-corrected chi connectivity index (χ2v) is 7.93. The molecule has 2 aromatic heterocycles. The number of thiazole rings is 1. The van der Waals surface area contributed by atoms with Gasteiger partial charge in [0.1, 0.15) is 5.02 Å². The van der Waals surface area contributed by atoms with Gasteiger partial charge in [0.2, 0.25) is 0 Å². The van der Waals surface area contributed by atoms with Gasteiger partial charge < -0.3 is 9.80 Å². The lowest BCUT2D eigenvalue weighted by Gasteiger charge is -2.36. The summed E-state index contributed by atoms with van der Waals surface area (Å²) in [6.45, 7) is 5.15. The van der Waals surface area contributed by atoms with Crippen LogP contribution in [-0.2, 0) is 0 Å². The van der Waals surface area contributed by atoms with Gasteiger partial charge in [-0.2, -0.15) is 9.78 Å². The van der Waals surface area contributed by atoms with Crippen LogP contribution in [0.25, 0.3) is 5.69 Å². The molecule has 1 aliphatic rings. The maximum atomic E-state index is 12.7. The predicted octanol–water partition coefficient (Wildman–Crippen LogP) is 3.63. The number of halogens is 2. The van der Waals surface area contributed by atoms with Crippen LogP contribution in [0, 0.1) is 6.92 Å². The van der Waals surface area contributed by atoms with Gasteiger partial charge in [-0.1, -0.05) is 23.2 Å². The molecule has 3 aromatic rings. The van der Waals surface area contributed by atoms with Gasteiger partial charge >= 0.3 is 0 Å². The third kappa shape index (κ3) is 3.67. The third-order valence-corrected chi connectivity index (χ3v) is 6.10. The standard InChI is InChI=1S/C18H17Cl2N5OS/c1-12-11-27-18(22-12)24-8-6-23(7-9-24)15-10-21-25(17(26)16(15)20)14-4-2-13(19)3-5-14/h2-5,10-11H,6-9H2,1H3. The molecule has 6 nitrogen and oxygen atoms in total. The molecule has 0 amide bonds. The number of piperazine rings is 1. The molecule has 9 heteroatoms. The van der Waals surface area contributed by atoms with E-state index in [0.29, 0.717) is 16.4 Å². The van der Waals surface area contributed by atoms with Gasteiger partial charge in [0.15, 0.2) is 5.13 Å². The minimum Gasteiger partial charge on any atom is -0.365 e. The summed E-state index contributed by atoms with van der Waals surface area (Å²) in [6, 6.07) is 6.90. The average Bonchev–Trinajstić information content (AvgIpc) is 3.11. The SMILES string of the molecule is Cc1csc(N2CCN(c3cnn(-c4ccc(Cl)cc4)c(=O)c3Cl)CC2)n1. The van der Waals surface area contributed by atoms with Crippen LogP contribution >= 0.6 is 34.5 Å². The zero-order valence-electron chi connectivity index (χ0n) is 14.6. The summed E-state index contributed by atoms with van der Waals surface area (Å²) in [5.74, 6) is 0. The lowest BCUT2D eigenvalue weighted by atomic mass is 10.3. The Kier molecular flexibility index (Phi) is 5.08. The van der Waals surface area contributed by atoms with Crippen molar-refractivity contribution in [1.82, 2.24) is 14.8 Å². The van der Waals surface area contributed by atoms with Crippen molar-refractivity contribution in [3.05, 3.63) is 61.9 Å². The lowest BCUT2D eigenvalue weighted by Crippen LogP contribution is -2.47. The number of hydrogen-bond donors (Lipinski definition) is 0. The fourth-order valence-corrected chi connectivity index (χ4v) is 4.27. The summed E-state index contributed by atoms with van der Waals surface area (Å²) in [4.78, 5) is 21.6. The van der Waals surface area contributed by atoms with Crippen LogP contribution in [0.1, 0.15) is 5.69 Å². The van der Waals surface area contributed by atoms with Crippen molar-refractivity contribution in [3.8, 4) is 5.69 Å². The first kappa shape index (κ1) is 18.3. The lowest BCUT2D eigenvalue weighted by molar-refractivity contribution is 0.647.